The summed E-state index contributed by atoms with van der Waals surface area (Å²) >= 11 is 0. The molecular weight excluding hydrogens is 246 g/mol. The van der Waals surface area contributed by atoms with Crippen molar-refractivity contribution in [2.24, 2.45) is 5.92 Å². The van der Waals surface area contributed by atoms with E-state index < -0.39 is 0 Å². The first-order valence-corrected chi connectivity index (χ1v) is 6.86. The van der Waals surface area contributed by atoms with Crippen molar-refractivity contribution in [3.8, 4) is 0 Å². The van der Waals surface area contributed by atoms with Crippen molar-refractivity contribution >= 4 is 11.9 Å². The van der Waals surface area contributed by atoms with Gasteiger partial charge in [0.05, 0.1) is 6.61 Å². The van der Waals surface area contributed by atoms with E-state index in [1.165, 1.54) is 4.90 Å². The summed E-state index contributed by atoms with van der Waals surface area (Å²) in [5.74, 6) is 0.499. The molecule has 5 nitrogen and oxygen atoms in total. The SMILES string of the molecule is COCCCCC(=O)CCN(C)C(=O)OCC(C)C. The van der Waals surface area contributed by atoms with Crippen LogP contribution in [0.25, 0.3) is 0 Å². The fraction of sp³-hybridized carbons (Fsp3) is 0.857. The van der Waals surface area contributed by atoms with Crippen molar-refractivity contribution in [2.75, 3.05) is 33.9 Å². The lowest BCUT2D eigenvalue weighted by Gasteiger charge is -2.17. The van der Waals surface area contributed by atoms with E-state index in [2.05, 4.69) is 0 Å². The molecule has 0 saturated carbocycles. The molecule has 5 heteroatoms. The van der Waals surface area contributed by atoms with Crippen molar-refractivity contribution in [1.82, 2.24) is 4.90 Å². The number of ether oxygens (including phenoxy) is 2. The zero-order valence-electron chi connectivity index (χ0n) is 12.6. The van der Waals surface area contributed by atoms with Gasteiger partial charge in [-0.3, -0.25) is 4.79 Å². The van der Waals surface area contributed by atoms with Crippen LogP contribution < -0.4 is 0 Å². The second-order valence-electron chi connectivity index (χ2n) is 5.13. The minimum absolute atomic E-state index is 0.180. The molecule has 0 heterocycles. The molecule has 19 heavy (non-hydrogen) atoms. The molecule has 0 bridgehead atoms. The highest BCUT2D eigenvalue weighted by molar-refractivity contribution is 5.79. The largest absolute Gasteiger partial charge is 0.449 e. The van der Waals surface area contributed by atoms with Gasteiger partial charge in [0.25, 0.3) is 0 Å². The van der Waals surface area contributed by atoms with E-state index in [1.54, 1.807) is 14.2 Å². The van der Waals surface area contributed by atoms with Crippen LogP contribution in [-0.4, -0.2) is 50.7 Å². The third kappa shape index (κ3) is 10.5. The predicted octanol–water partition coefficient (Wildman–Crippen LogP) is 2.49. The number of Topliss-reactive ketones (excluding diaryl/α,β-unsaturated/α-hetero) is 1. The summed E-state index contributed by atoms with van der Waals surface area (Å²) in [5, 5.41) is 0. The van der Waals surface area contributed by atoms with Gasteiger partial charge in [0.1, 0.15) is 5.78 Å². The van der Waals surface area contributed by atoms with Gasteiger partial charge in [-0.15, -0.1) is 0 Å². The molecule has 0 aromatic heterocycles. The van der Waals surface area contributed by atoms with Gasteiger partial charge in [0.2, 0.25) is 0 Å². The Bertz CT molecular complexity index is 266. The molecule has 0 N–H and O–H groups in total. The minimum atomic E-state index is -0.360. The van der Waals surface area contributed by atoms with Crippen molar-refractivity contribution in [3.63, 3.8) is 0 Å². The first-order chi connectivity index (χ1) is 8.97. The Kier molecular flexibility index (Phi) is 10.2. The van der Waals surface area contributed by atoms with Crippen LogP contribution >= 0.6 is 0 Å². The van der Waals surface area contributed by atoms with E-state index in [9.17, 15) is 9.59 Å². The van der Waals surface area contributed by atoms with E-state index in [4.69, 9.17) is 9.47 Å². The van der Waals surface area contributed by atoms with Gasteiger partial charge in [-0.2, -0.15) is 0 Å². The van der Waals surface area contributed by atoms with Gasteiger partial charge in [0.15, 0.2) is 0 Å². The average molecular weight is 273 g/mol. The lowest BCUT2D eigenvalue weighted by molar-refractivity contribution is -0.119. The van der Waals surface area contributed by atoms with Crippen molar-refractivity contribution in [3.05, 3.63) is 0 Å². The van der Waals surface area contributed by atoms with Gasteiger partial charge < -0.3 is 14.4 Å². The standard InChI is InChI=1S/C14H27NO4/c1-12(2)11-19-14(17)15(3)9-8-13(16)7-5-6-10-18-4/h12H,5-11H2,1-4H3. The van der Waals surface area contributed by atoms with Crippen LogP contribution in [0.1, 0.15) is 39.5 Å². The average Bonchev–Trinajstić information content (AvgIpc) is 2.38. The fourth-order valence-corrected chi connectivity index (χ4v) is 1.43. The summed E-state index contributed by atoms with van der Waals surface area (Å²) in [6.45, 7) is 5.48. The third-order valence-electron chi connectivity index (χ3n) is 2.63. The summed E-state index contributed by atoms with van der Waals surface area (Å²) in [4.78, 5) is 24.6. The molecule has 0 atom stereocenters. The molecule has 0 saturated heterocycles. The number of amides is 1. The number of nitrogens with zero attached hydrogens (tertiary/aromatic N) is 1. The molecule has 0 aliphatic carbocycles. The van der Waals surface area contributed by atoms with Gasteiger partial charge in [-0.1, -0.05) is 13.8 Å². The monoisotopic (exact) mass is 273 g/mol. The van der Waals surface area contributed by atoms with Crippen LogP contribution in [0, 0.1) is 5.92 Å². The van der Waals surface area contributed by atoms with Crippen molar-refractivity contribution < 1.29 is 19.1 Å². The molecule has 112 valence electrons. The normalized spacial score (nSPS) is 10.6. The van der Waals surface area contributed by atoms with Crippen LogP contribution in [0.2, 0.25) is 0 Å². The smallest absolute Gasteiger partial charge is 0.409 e. The van der Waals surface area contributed by atoms with E-state index in [1.807, 2.05) is 13.8 Å². The van der Waals surface area contributed by atoms with Crippen LogP contribution in [0.4, 0.5) is 4.79 Å². The summed E-state index contributed by atoms with van der Waals surface area (Å²) in [7, 11) is 3.31. The highest BCUT2D eigenvalue weighted by Gasteiger charge is 2.12. The molecule has 0 aromatic rings. The maximum atomic E-state index is 11.6. The maximum absolute atomic E-state index is 11.6. The minimum Gasteiger partial charge on any atom is -0.449 e. The maximum Gasteiger partial charge on any atom is 0.409 e. The number of carbonyl (C=O) groups excluding carboxylic acids is 2. The molecule has 0 spiro atoms. The Labute approximate surface area is 116 Å². The first-order valence-electron chi connectivity index (χ1n) is 6.86. The Morgan fingerprint density at radius 1 is 1.16 bits per heavy atom. The molecule has 0 aliphatic rings. The quantitative estimate of drug-likeness (QED) is 0.574. The number of ketones is 1. The van der Waals surface area contributed by atoms with Gasteiger partial charge in [0, 0.05) is 40.2 Å². The molecule has 0 rings (SSSR count). The van der Waals surface area contributed by atoms with Gasteiger partial charge in [-0.25, -0.2) is 4.79 Å². The predicted molar refractivity (Wildman–Crippen MR) is 74.2 cm³/mol. The summed E-state index contributed by atoms with van der Waals surface area (Å²) in [6.07, 6.45) is 2.32. The summed E-state index contributed by atoms with van der Waals surface area (Å²) in [6, 6.07) is 0. The molecule has 0 aromatic carbocycles. The lowest BCUT2D eigenvalue weighted by atomic mass is 10.1. The number of carbonyl (C=O) groups is 2. The lowest BCUT2D eigenvalue weighted by Crippen LogP contribution is -2.30. The Hall–Kier alpha value is -1.10. The van der Waals surface area contributed by atoms with Gasteiger partial charge in [-0.05, 0) is 18.8 Å². The fourth-order valence-electron chi connectivity index (χ4n) is 1.43. The molecule has 0 aliphatic heterocycles. The van der Waals surface area contributed by atoms with E-state index >= 15 is 0 Å². The Morgan fingerprint density at radius 3 is 2.42 bits per heavy atom. The summed E-state index contributed by atoms with van der Waals surface area (Å²) < 4.78 is 9.99. The molecule has 1 amide bonds. The topological polar surface area (TPSA) is 55.8 Å². The molecule has 0 fully saturated rings. The van der Waals surface area contributed by atoms with Crippen molar-refractivity contribution in [2.45, 2.75) is 39.5 Å². The molecular formula is C14H27NO4. The third-order valence-corrected chi connectivity index (χ3v) is 2.63. The number of unbranched alkanes of at least 4 members (excludes halogenated alkanes) is 1. The number of methoxy groups -OCH3 is 1. The Balaban J connectivity index is 3.67. The van der Waals surface area contributed by atoms with Crippen LogP contribution in [-0.2, 0) is 14.3 Å². The first kappa shape index (κ1) is 17.9. The Morgan fingerprint density at radius 2 is 1.84 bits per heavy atom. The highest BCUT2D eigenvalue weighted by atomic mass is 16.6. The van der Waals surface area contributed by atoms with Crippen LogP contribution in [0.3, 0.4) is 0 Å². The van der Waals surface area contributed by atoms with Gasteiger partial charge >= 0.3 is 6.09 Å². The molecule has 0 unspecified atom stereocenters. The zero-order chi connectivity index (χ0) is 14.7. The molecule has 0 radical (unpaired) electrons. The van der Waals surface area contributed by atoms with Crippen molar-refractivity contribution in [1.29, 1.82) is 0 Å². The zero-order valence-corrected chi connectivity index (χ0v) is 12.6. The number of hydrogen-bond acceptors (Lipinski definition) is 4. The van der Waals surface area contributed by atoms with E-state index in [-0.39, 0.29) is 11.9 Å². The second-order valence-corrected chi connectivity index (χ2v) is 5.13. The summed E-state index contributed by atoms with van der Waals surface area (Å²) in [5.41, 5.74) is 0. The van der Waals surface area contributed by atoms with Crippen LogP contribution in [0.5, 0.6) is 0 Å². The number of rotatable bonds is 10. The number of hydrogen-bond donors (Lipinski definition) is 0. The van der Waals surface area contributed by atoms with E-state index in [0.29, 0.717) is 38.5 Å². The van der Waals surface area contributed by atoms with E-state index in [0.717, 1.165) is 12.8 Å². The highest BCUT2D eigenvalue weighted by Crippen LogP contribution is 2.02. The van der Waals surface area contributed by atoms with Crippen LogP contribution in [0.15, 0.2) is 0 Å². The second kappa shape index (κ2) is 10.8.